The third-order valence-electron chi connectivity index (χ3n) is 3.49. The molecule has 2 N–H and O–H groups in total. The van der Waals surface area contributed by atoms with Crippen LogP contribution in [0, 0.1) is 0 Å². The fourth-order valence-electron chi connectivity index (χ4n) is 2.57. The quantitative estimate of drug-likeness (QED) is 0.852. The minimum atomic E-state index is -0.263. The summed E-state index contributed by atoms with van der Waals surface area (Å²) in [7, 11) is 0. The summed E-state index contributed by atoms with van der Waals surface area (Å²) in [5, 5.41) is 0.883. The molecule has 1 aromatic heterocycles. The first-order valence-corrected chi connectivity index (χ1v) is 7.41. The molecule has 0 bridgehead atoms. The lowest BCUT2D eigenvalue weighted by atomic mass is 10.2. The molecule has 1 aliphatic carbocycles. The van der Waals surface area contributed by atoms with Crippen LogP contribution in [0.25, 0.3) is 0 Å². The highest BCUT2D eigenvalue weighted by atomic mass is 32.2. The van der Waals surface area contributed by atoms with Crippen molar-refractivity contribution in [2.75, 3.05) is 18.1 Å². The molecule has 2 aliphatic rings. The van der Waals surface area contributed by atoms with Crippen LogP contribution in [0.3, 0.4) is 0 Å². The molecule has 98 valence electrons. The van der Waals surface area contributed by atoms with Crippen LogP contribution in [0.15, 0.2) is 23.4 Å². The van der Waals surface area contributed by atoms with E-state index in [-0.39, 0.29) is 11.9 Å². The monoisotopic (exact) mass is 266 g/mol. The fourth-order valence-corrected chi connectivity index (χ4v) is 3.45. The maximum atomic E-state index is 6.06. The van der Waals surface area contributed by atoms with E-state index in [4.69, 9.17) is 15.2 Å². The van der Waals surface area contributed by atoms with Crippen molar-refractivity contribution in [1.82, 2.24) is 4.98 Å². The van der Waals surface area contributed by atoms with Gasteiger partial charge in [-0.1, -0.05) is 0 Å². The lowest BCUT2D eigenvalue weighted by molar-refractivity contribution is -0.159. The Kier molecular flexibility index (Phi) is 3.46. The Hall–Kier alpha value is -0.780. The second-order valence-corrected chi connectivity index (χ2v) is 5.89. The van der Waals surface area contributed by atoms with Crippen molar-refractivity contribution in [3.63, 3.8) is 0 Å². The van der Waals surface area contributed by atoms with Gasteiger partial charge in [0.05, 0.1) is 18.4 Å². The van der Waals surface area contributed by atoms with Gasteiger partial charge < -0.3 is 15.2 Å². The van der Waals surface area contributed by atoms with E-state index < -0.39 is 0 Å². The minimum Gasteiger partial charge on any atom is -0.397 e. The second-order valence-electron chi connectivity index (χ2n) is 4.88. The first kappa shape index (κ1) is 12.3. The Balaban J connectivity index is 1.54. The Morgan fingerprint density at radius 3 is 3.06 bits per heavy atom. The average Bonchev–Trinajstić information content (AvgIpc) is 3.00. The van der Waals surface area contributed by atoms with E-state index in [0.717, 1.165) is 29.3 Å². The largest absolute Gasteiger partial charge is 0.397 e. The van der Waals surface area contributed by atoms with Crippen LogP contribution >= 0.6 is 11.8 Å². The Morgan fingerprint density at radius 2 is 2.28 bits per heavy atom. The molecular weight excluding hydrogens is 248 g/mol. The zero-order valence-electron chi connectivity index (χ0n) is 10.3. The van der Waals surface area contributed by atoms with Gasteiger partial charge in [-0.25, -0.2) is 4.98 Å². The zero-order valence-corrected chi connectivity index (χ0v) is 11.1. The van der Waals surface area contributed by atoms with Crippen LogP contribution in [0.1, 0.15) is 25.7 Å². The maximum absolute atomic E-state index is 6.06. The number of nitrogens with two attached hydrogens (primary N) is 1. The Labute approximate surface area is 111 Å². The average molecular weight is 266 g/mol. The van der Waals surface area contributed by atoms with Gasteiger partial charge >= 0.3 is 0 Å². The summed E-state index contributed by atoms with van der Waals surface area (Å²) in [4.78, 5) is 4.27. The lowest BCUT2D eigenvalue weighted by Crippen LogP contribution is -2.27. The minimum absolute atomic E-state index is 0.162. The van der Waals surface area contributed by atoms with Crippen molar-refractivity contribution in [2.24, 2.45) is 0 Å². The number of rotatable bonds is 3. The summed E-state index contributed by atoms with van der Waals surface area (Å²) in [6, 6.07) is 3.72. The van der Waals surface area contributed by atoms with E-state index in [9.17, 15) is 0 Å². The van der Waals surface area contributed by atoms with E-state index in [0.29, 0.717) is 6.61 Å². The van der Waals surface area contributed by atoms with E-state index >= 15 is 0 Å². The van der Waals surface area contributed by atoms with Gasteiger partial charge in [0.15, 0.2) is 5.79 Å². The lowest BCUT2D eigenvalue weighted by Gasteiger charge is -2.21. The molecule has 1 saturated carbocycles. The fraction of sp³-hybridized carbons (Fsp3) is 0.615. The predicted octanol–water partition coefficient (Wildman–Crippen LogP) is 2.44. The number of nitrogen functional groups attached to an aromatic ring is 1. The molecule has 2 fully saturated rings. The molecular formula is C13H18N2O2S. The molecule has 1 spiro atoms. The summed E-state index contributed by atoms with van der Waals surface area (Å²) in [6.07, 6.45) is 6.44. The highest BCUT2D eigenvalue weighted by Crippen LogP contribution is 2.40. The van der Waals surface area contributed by atoms with Crippen LogP contribution < -0.4 is 5.73 Å². The molecule has 1 saturated heterocycles. The normalized spacial score (nSPS) is 25.9. The number of hydrogen-bond donors (Lipinski definition) is 1. The van der Waals surface area contributed by atoms with Gasteiger partial charge in [-0.2, -0.15) is 0 Å². The topological polar surface area (TPSA) is 57.4 Å². The summed E-state index contributed by atoms with van der Waals surface area (Å²) in [6.45, 7) is 0.694. The molecule has 0 aromatic carbocycles. The summed E-state index contributed by atoms with van der Waals surface area (Å²) in [5.74, 6) is 0.587. The summed E-state index contributed by atoms with van der Waals surface area (Å²) in [5.41, 5.74) is 6.60. The van der Waals surface area contributed by atoms with E-state index in [1.54, 1.807) is 18.0 Å². The molecule has 2 heterocycles. The molecule has 1 atom stereocenters. The van der Waals surface area contributed by atoms with Crippen LogP contribution in [-0.2, 0) is 9.47 Å². The van der Waals surface area contributed by atoms with Crippen molar-refractivity contribution < 1.29 is 9.47 Å². The van der Waals surface area contributed by atoms with E-state index in [2.05, 4.69) is 4.98 Å². The molecule has 5 heteroatoms. The number of aromatic nitrogens is 1. The highest BCUT2D eigenvalue weighted by molar-refractivity contribution is 7.99. The smallest absolute Gasteiger partial charge is 0.168 e. The number of nitrogens with zero attached hydrogens (tertiary/aromatic N) is 1. The van der Waals surface area contributed by atoms with Gasteiger partial charge in [0.1, 0.15) is 5.03 Å². The summed E-state index contributed by atoms with van der Waals surface area (Å²) < 4.78 is 11.9. The van der Waals surface area contributed by atoms with Crippen molar-refractivity contribution in [3.8, 4) is 0 Å². The zero-order chi connectivity index (χ0) is 12.4. The van der Waals surface area contributed by atoms with Crippen LogP contribution in [0.5, 0.6) is 0 Å². The van der Waals surface area contributed by atoms with Gasteiger partial charge in [-0.15, -0.1) is 11.8 Å². The van der Waals surface area contributed by atoms with Crippen LogP contribution in [0.4, 0.5) is 5.69 Å². The van der Waals surface area contributed by atoms with Gasteiger partial charge in [-0.05, 0) is 25.0 Å². The standard InChI is InChI=1S/C13H18N2O2S/c14-11-4-3-7-15-12(11)18-9-10-8-16-13(17-10)5-1-2-6-13/h3-4,7,10H,1-2,5-6,8-9,14H2. The van der Waals surface area contributed by atoms with Crippen molar-refractivity contribution in [3.05, 3.63) is 18.3 Å². The number of ether oxygens (including phenoxy) is 2. The van der Waals surface area contributed by atoms with Crippen molar-refractivity contribution >= 4 is 17.4 Å². The molecule has 0 radical (unpaired) electrons. The van der Waals surface area contributed by atoms with Crippen molar-refractivity contribution in [1.29, 1.82) is 0 Å². The number of thioether (sulfide) groups is 1. The number of anilines is 1. The molecule has 4 nitrogen and oxygen atoms in total. The molecule has 1 aliphatic heterocycles. The Bertz CT molecular complexity index is 421. The molecule has 1 unspecified atom stereocenters. The SMILES string of the molecule is Nc1cccnc1SCC1COC2(CCCC2)O1. The molecule has 3 rings (SSSR count). The predicted molar refractivity (Wildman–Crippen MR) is 71.4 cm³/mol. The van der Waals surface area contributed by atoms with Crippen LogP contribution in [0.2, 0.25) is 0 Å². The molecule has 0 amide bonds. The molecule has 1 aromatic rings. The maximum Gasteiger partial charge on any atom is 0.168 e. The van der Waals surface area contributed by atoms with Gasteiger partial charge in [0, 0.05) is 24.8 Å². The Morgan fingerprint density at radius 1 is 1.44 bits per heavy atom. The van der Waals surface area contributed by atoms with Crippen molar-refractivity contribution in [2.45, 2.75) is 42.6 Å². The summed E-state index contributed by atoms with van der Waals surface area (Å²) >= 11 is 1.65. The van der Waals surface area contributed by atoms with Crippen LogP contribution in [-0.4, -0.2) is 29.2 Å². The van der Waals surface area contributed by atoms with Gasteiger partial charge in [-0.3, -0.25) is 0 Å². The molecule has 18 heavy (non-hydrogen) atoms. The number of hydrogen-bond acceptors (Lipinski definition) is 5. The number of pyridine rings is 1. The second kappa shape index (κ2) is 5.07. The first-order chi connectivity index (χ1) is 8.77. The van der Waals surface area contributed by atoms with Gasteiger partial charge in [0.25, 0.3) is 0 Å². The highest BCUT2D eigenvalue weighted by Gasteiger charge is 2.43. The first-order valence-electron chi connectivity index (χ1n) is 6.42. The van der Waals surface area contributed by atoms with E-state index in [1.807, 2.05) is 12.1 Å². The van der Waals surface area contributed by atoms with Gasteiger partial charge in [0.2, 0.25) is 0 Å². The van der Waals surface area contributed by atoms with E-state index in [1.165, 1.54) is 12.8 Å². The third-order valence-corrected chi connectivity index (χ3v) is 4.64. The third kappa shape index (κ3) is 2.48.